The van der Waals surface area contributed by atoms with E-state index in [4.69, 9.17) is 5.73 Å². The smallest absolute Gasteiger partial charge is 0.236 e. The lowest BCUT2D eigenvalue weighted by Gasteiger charge is -2.27. The maximum absolute atomic E-state index is 11.6. The Balaban J connectivity index is 3.89. The van der Waals surface area contributed by atoms with Crippen LogP contribution in [0.25, 0.3) is 0 Å². The predicted octanol–water partition coefficient (Wildman–Crippen LogP) is 2.30. The SMILES string of the molecule is CCCC[C@H](N)C(=O)NCC(C)C(C)(C)C. The average Bonchev–Trinajstić information content (AvgIpc) is 2.20. The Bertz CT molecular complexity index is 208. The van der Waals surface area contributed by atoms with Crippen molar-refractivity contribution in [3.63, 3.8) is 0 Å². The molecule has 2 atom stereocenters. The third-order valence-corrected chi connectivity index (χ3v) is 3.27. The first-order chi connectivity index (χ1) is 7.29. The molecule has 0 aliphatic carbocycles. The molecule has 3 N–H and O–H groups in total. The van der Waals surface area contributed by atoms with E-state index in [9.17, 15) is 4.79 Å². The van der Waals surface area contributed by atoms with Crippen LogP contribution in [0.5, 0.6) is 0 Å². The highest BCUT2D eigenvalue weighted by atomic mass is 16.2. The molecule has 0 heterocycles. The second-order valence-electron chi connectivity index (χ2n) is 5.76. The number of amides is 1. The number of nitrogens with two attached hydrogens (primary N) is 1. The summed E-state index contributed by atoms with van der Waals surface area (Å²) in [6.45, 7) is 11.5. The van der Waals surface area contributed by atoms with E-state index in [0.717, 1.165) is 19.3 Å². The number of hydrogen-bond donors (Lipinski definition) is 2. The van der Waals surface area contributed by atoms with Gasteiger partial charge in [0.05, 0.1) is 6.04 Å². The number of nitrogens with one attached hydrogen (secondary N) is 1. The summed E-state index contributed by atoms with van der Waals surface area (Å²) < 4.78 is 0. The van der Waals surface area contributed by atoms with Gasteiger partial charge in [-0.15, -0.1) is 0 Å². The molecule has 0 aliphatic rings. The van der Waals surface area contributed by atoms with Crippen molar-refractivity contribution in [1.82, 2.24) is 5.32 Å². The van der Waals surface area contributed by atoms with E-state index in [2.05, 4.69) is 39.9 Å². The molecule has 1 amide bonds. The highest BCUT2D eigenvalue weighted by Crippen LogP contribution is 2.24. The molecule has 0 rings (SSSR count). The van der Waals surface area contributed by atoms with E-state index in [1.54, 1.807) is 0 Å². The van der Waals surface area contributed by atoms with Crippen molar-refractivity contribution >= 4 is 5.91 Å². The quantitative estimate of drug-likeness (QED) is 0.733. The third kappa shape index (κ3) is 6.11. The summed E-state index contributed by atoms with van der Waals surface area (Å²) in [5, 5.41) is 2.93. The van der Waals surface area contributed by atoms with E-state index in [0.29, 0.717) is 12.5 Å². The molecular formula is C13H28N2O. The van der Waals surface area contributed by atoms with Crippen LogP contribution in [0, 0.1) is 11.3 Å². The maximum Gasteiger partial charge on any atom is 0.236 e. The molecule has 0 spiro atoms. The molecule has 0 fully saturated rings. The fourth-order valence-corrected chi connectivity index (χ4v) is 1.25. The molecule has 3 heteroatoms. The Labute approximate surface area is 100 Å². The molecule has 16 heavy (non-hydrogen) atoms. The minimum absolute atomic E-state index is 0.00968. The topological polar surface area (TPSA) is 55.1 Å². The predicted molar refractivity (Wildman–Crippen MR) is 69.1 cm³/mol. The van der Waals surface area contributed by atoms with Crippen molar-refractivity contribution < 1.29 is 4.79 Å². The summed E-state index contributed by atoms with van der Waals surface area (Å²) in [4.78, 5) is 11.6. The Morgan fingerprint density at radius 3 is 2.38 bits per heavy atom. The number of carbonyl (C=O) groups excluding carboxylic acids is 1. The highest BCUT2D eigenvalue weighted by molar-refractivity contribution is 5.81. The van der Waals surface area contributed by atoms with E-state index < -0.39 is 0 Å². The lowest BCUT2D eigenvalue weighted by molar-refractivity contribution is -0.122. The average molecular weight is 228 g/mol. The fourth-order valence-electron chi connectivity index (χ4n) is 1.25. The second-order valence-corrected chi connectivity index (χ2v) is 5.76. The van der Waals surface area contributed by atoms with Gasteiger partial charge in [0.15, 0.2) is 0 Å². The molecular weight excluding hydrogens is 200 g/mol. The van der Waals surface area contributed by atoms with Gasteiger partial charge in [0.25, 0.3) is 0 Å². The molecule has 0 aromatic heterocycles. The van der Waals surface area contributed by atoms with Crippen molar-refractivity contribution in [1.29, 1.82) is 0 Å². The minimum atomic E-state index is -0.341. The number of rotatable bonds is 6. The molecule has 1 unspecified atom stereocenters. The van der Waals surface area contributed by atoms with Gasteiger partial charge >= 0.3 is 0 Å². The van der Waals surface area contributed by atoms with Crippen molar-refractivity contribution in [2.45, 2.75) is 59.9 Å². The molecule has 0 bridgehead atoms. The summed E-state index contributed by atoms with van der Waals surface area (Å²) in [6.07, 6.45) is 2.88. The zero-order valence-electron chi connectivity index (χ0n) is 11.5. The second kappa shape index (κ2) is 6.89. The van der Waals surface area contributed by atoms with E-state index in [1.807, 2.05) is 0 Å². The molecule has 0 aromatic carbocycles. The Morgan fingerprint density at radius 2 is 1.94 bits per heavy atom. The zero-order valence-corrected chi connectivity index (χ0v) is 11.5. The van der Waals surface area contributed by atoms with Crippen LogP contribution in [0.15, 0.2) is 0 Å². The monoisotopic (exact) mass is 228 g/mol. The number of carbonyl (C=O) groups is 1. The van der Waals surface area contributed by atoms with Crippen LogP contribution in [-0.4, -0.2) is 18.5 Å². The minimum Gasteiger partial charge on any atom is -0.354 e. The Hall–Kier alpha value is -0.570. The molecule has 3 nitrogen and oxygen atoms in total. The molecule has 0 aliphatic heterocycles. The Morgan fingerprint density at radius 1 is 1.38 bits per heavy atom. The first-order valence-corrected chi connectivity index (χ1v) is 6.32. The van der Waals surface area contributed by atoms with Crippen molar-refractivity contribution in [2.24, 2.45) is 17.1 Å². The van der Waals surface area contributed by atoms with Gasteiger partial charge in [-0.2, -0.15) is 0 Å². The van der Waals surface area contributed by atoms with Gasteiger partial charge in [-0.3, -0.25) is 4.79 Å². The number of hydrogen-bond acceptors (Lipinski definition) is 2. The van der Waals surface area contributed by atoms with Crippen LogP contribution >= 0.6 is 0 Å². The van der Waals surface area contributed by atoms with E-state index in [1.165, 1.54) is 0 Å². The fraction of sp³-hybridized carbons (Fsp3) is 0.923. The summed E-state index contributed by atoms with van der Waals surface area (Å²) >= 11 is 0. The molecule has 0 aromatic rings. The Kier molecular flexibility index (Phi) is 6.65. The van der Waals surface area contributed by atoms with Crippen molar-refractivity contribution in [3.8, 4) is 0 Å². The van der Waals surface area contributed by atoms with Crippen molar-refractivity contribution in [2.75, 3.05) is 6.54 Å². The molecule has 0 radical (unpaired) electrons. The van der Waals surface area contributed by atoms with Crippen LogP contribution in [0.1, 0.15) is 53.9 Å². The molecule has 0 saturated heterocycles. The van der Waals surface area contributed by atoms with Gasteiger partial charge in [0.2, 0.25) is 5.91 Å². The van der Waals surface area contributed by atoms with Gasteiger partial charge in [-0.25, -0.2) is 0 Å². The highest BCUT2D eigenvalue weighted by Gasteiger charge is 2.21. The maximum atomic E-state index is 11.6. The van der Waals surface area contributed by atoms with Gasteiger partial charge in [-0.05, 0) is 17.8 Å². The normalized spacial score (nSPS) is 15.6. The van der Waals surface area contributed by atoms with Crippen LogP contribution in [0.4, 0.5) is 0 Å². The lowest BCUT2D eigenvalue weighted by atomic mass is 9.82. The van der Waals surface area contributed by atoms with E-state index >= 15 is 0 Å². The van der Waals surface area contributed by atoms with Crippen LogP contribution in [0.3, 0.4) is 0 Å². The van der Waals surface area contributed by atoms with Crippen LogP contribution in [0.2, 0.25) is 0 Å². The van der Waals surface area contributed by atoms with Gasteiger partial charge < -0.3 is 11.1 Å². The largest absolute Gasteiger partial charge is 0.354 e. The van der Waals surface area contributed by atoms with E-state index in [-0.39, 0.29) is 17.4 Å². The lowest BCUT2D eigenvalue weighted by Crippen LogP contribution is -2.43. The summed E-state index contributed by atoms with van der Waals surface area (Å²) in [5.74, 6) is 0.444. The van der Waals surface area contributed by atoms with Crippen molar-refractivity contribution in [3.05, 3.63) is 0 Å². The van der Waals surface area contributed by atoms with Crippen LogP contribution < -0.4 is 11.1 Å². The number of unbranched alkanes of at least 4 members (excludes halogenated alkanes) is 1. The first-order valence-electron chi connectivity index (χ1n) is 6.32. The third-order valence-electron chi connectivity index (χ3n) is 3.27. The molecule has 0 saturated carbocycles. The summed E-state index contributed by atoms with van der Waals surface area (Å²) in [5.41, 5.74) is 6.01. The molecule has 96 valence electrons. The standard InChI is InChI=1S/C13H28N2O/c1-6-7-8-11(14)12(16)15-9-10(2)13(3,4)5/h10-11H,6-9,14H2,1-5H3,(H,15,16)/t10?,11-/m0/s1. The van der Waals surface area contributed by atoms with Gasteiger partial charge in [0.1, 0.15) is 0 Å². The summed E-state index contributed by atoms with van der Waals surface area (Å²) in [6, 6.07) is -0.341. The summed E-state index contributed by atoms with van der Waals surface area (Å²) in [7, 11) is 0. The first kappa shape index (κ1) is 15.4. The van der Waals surface area contributed by atoms with Gasteiger partial charge in [0, 0.05) is 6.54 Å². The van der Waals surface area contributed by atoms with Crippen LogP contribution in [-0.2, 0) is 4.79 Å². The zero-order chi connectivity index (χ0) is 12.8. The van der Waals surface area contributed by atoms with Gasteiger partial charge in [-0.1, -0.05) is 47.5 Å².